The molecule has 4 aromatic rings. The molecule has 2 aromatic carbocycles. The Kier molecular flexibility index (Phi) is 4.98. The summed E-state index contributed by atoms with van der Waals surface area (Å²) in [4.78, 5) is 0. The highest BCUT2D eigenvalue weighted by atomic mass is 32.2. The van der Waals surface area contributed by atoms with Crippen molar-refractivity contribution >= 4 is 11.8 Å². The van der Waals surface area contributed by atoms with Crippen molar-refractivity contribution in [2.45, 2.75) is 17.8 Å². The first kappa shape index (κ1) is 17.4. The molecule has 0 spiro atoms. The van der Waals surface area contributed by atoms with Gasteiger partial charge >= 0.3 is 0 Å². The Labute approximate surface area is 162 Å². The Balaban J connectivity index is 1.71. The fourth-order valence-electron chi connectivity index (χ4n) is 2.81. The minimum atomic E-state index is 0.678. The second-order valence-corrected chi connectivity index (χ2v) is 6.97. The van der Waals surface area contributed by atoms with Crippen molar-refractivity contribution in [2.75, 3.05) is 7.11 Å². The highest BCUT2D eigenvalue weighted by molar-refractivity contribution is 7.98. The maximum absolute atomic E-state index is 5.56. The summed E-state index contributed by atoms with van der Waals surface area (Å²) in [6.45, 7) is 2.12. The fraction of sp³-hybridized carbons (Fsp3) is 0.143. The van der Waals surface area contributed by atoms with Crippen LogP contribution >= 0.6 is 11.8 Å². The topological polar surface area (TPSA) is 53.1 Å². The number of methoxy groups -OCH3 is 1. The van der Waals surface area contributed by atoms with E-state index in [1.807, 2.05) is 41.0 Å². The van der Waals surface area contributed by atoms with Crippen LogP contribution in [0.1, 0.15) is 11.1 Å². The van der Waals surface area contributed by atoms with E-state index in [1.165, 1.54) is 11.1 Å². The van der Waals surface area contributed by atoms with Gasteiger partial charge in [-0.05, 0) is 54.4 Å². The summed E-state index contributed by atoms with van der Waals surface area (Å²) < 4.78 is 12.9. The van der Waals surface area contributed by atoms with Crippen LogP contribution in [-0.2, 0) is 5.75 Å². The molecule has 2 aromatic heterocycles. The number of aromatic nitrogens is 3. The van der Waals surface area contributed by atoms with Crippen LogP contribution in [0.25, 0.3) is 17.3 Å². The molecule has 5 nitrogen and oxygen atoms in total. The molecule has 0 N–H and O–H groups in total. The SMILES string of the molecule is COc1ccc(-n2c(SCc3ccccc3C)nnc2-c2ccco2)cc1. The third-order valence-corrected chi connectivity index (χ3v) is 5.30. The first-order valence-electron chi connectivity index (χ1n) is 8.57. The molecule has 0 aliphatic carbocycles. The largest absolute Gasteiger partial charge is 0.497 e. The summed E-state index contributed by atoms with van der Waals surface area (Å²) in [6, 6.07) is 20.0. The van der Waals surface area contributed by atoms with E-state index in [0.717, 1.165) is 22.3 Å². The molecule has 0 bridgehead atoms. The Hall–Kier alpha value is -2.99. The van der Waals surface area contributed by atoms with Gasteiger partial charge < -0.3 is 9.15 Å². The van der Waals surface area contributed by atoms with Crippen molar-refractivity contribution in [3.05, 3.63) is 78.1 Å². The van der Waals surface area contributed by atoms with Gasteiger partial charge in [-0.25, -0.2) is 0 Å². The van der Waals surface area contributed by atoms with Gasteiger partial charge in [0.1, 0.15) is 5.75 Å². The number of benzene rings is 2. The van der Waals surface area contributed by atoms with Crippen LogP contribution in [0.3, 0.4) is 0 Å². The number of aryl methyl sites for hydroxylation is 1. The van der Waals surface area contributed by atoms with E-state index in [1.54, 1.807) is 25.1 Å². The van der Waals surface area contributed by atoms with Crippen molar-refractivity contribution in [3.8, 4) is 23.0 Å². The molecule has 0 unspecified atom stereocenters. The Morgan fingerprint density at radius 3 is 2.52 bits per heavy atom. The predicted molar refractivity (Wildman–Crippen MR) is 106 cm³/mol. The highest BCUT2D eigenvalue weighted by Gasteiger charge is 2.18. The molecule has 6 heteroatoms. The van der Waals surface area contributed by atoms with Gasteiger partial charge in [0.05, 0.1) is 19.1 Å². The van der Waals surface area contributed by atoms with Gasteiger partial charge in [0.15, 0.2) is 10.9 Å². The Bertz CT molecular complexity index is 1020. The van der Waals surface area contributed by atoms with Gasteiger partial charge in [-0.1, -0.05) is 36.0 Å². The molecule has 0 atom stereocenters. The molecule has 4 rings (SSSR count). The molecular formula is C21H19N3O2S. The number of rotatable bonds is 6. The lowest BCUT2D eigenvalue weighted by Crippen LogP contribution is -1.99. The van der Waals surface area contributed by atoms with E-state index in [9.17, 15) is 0 Å². The maximum Gasteiger partial charge on any atom is 0.205 e. The Morgan fingerprint density at radius 1 is 1.00 bits per heavy atom. The summed E-state index contributed by atoms with van der Waals surface area (Å²) in [7, 11) is 1.66. The predicted octanol–water partition coefficient (Wildman–Crippen LogP) is 5.14. The first-order valence-corrected chi connectivity index (χ1v) is 9.56. The van der Waals surface area contributed by atoms with E-state index >= 15 is 0 Å². The van der Waals surface area contributed by atoms with Gasteiger partial charge in [0, 0.05) is 5.75 Å². The van der Waals surface area contributed by atoms with E-state index in [2.05, 4.69) is 41.4 Å². The van der Waals surface area contributed by atoms with Gasteiger partial charge in [0.2, 0.25) is 5.82 Å². The van der Waals surface area contributed by atoms with Crippen LogP contribution in [0.5, 0.6) is 5.75 Å². The smallest absolute Gasteiger partial charge is 0.205 e. The van der Waals surface area contributed by atoms with Crippen LogP contribution < -0.4 is 4.74 Å². The average molecular weight is 377 g/mol. The van der Waals surface area contributed by atoms with Crippen LogP contribution in [0, 0.1) is 6.92 Å². The number of thioether (sulfide) groups is 1. The molecule has 0 radical (unpaired) electrons. The summed E-state index contributed by atoms with van der Waals surface area (Å²) in [6.07, 6.45) is 1.64. The molecule has 27 heavy (non-hydrogen) atoms. The van der Waals surface area contributed by atoms with Crippen molar-refractivity contribution < 1.29 is 9.15 Å². The zero-order chi connectivity index (χ0) is 18.6. The number of furan rings is 1. The van der Waals surface area contributed by atoms with Gasteiger partial charge in [0.25, 0.3) is 0 Å². The molecule has 2 heterocycles. The lowest BCUT2D eigenvalue weighted by Gasteiger charge is -2.10. The highest BCUT2D eigenvalue weighted by Crippen LogP contribution is 2.31. The average Bonchev–Trinajstić information content (AvgIpc) is 3.37. The summed E-state index contributed by atoms with van der Waals surface area (Å²) in [5.41, 5.74) is 3.51. The van der Waals surface area contributed by atoms with E-state index < -0.39 is 0 Å². The van der Waals surface area contributed by atoms with E-state index in [0.29, 0.717) is 11.6 Å². The standard InChI is InChI=1S/C21H19N3O2S/c1-15-6-3-4-7-16(15)14-27-21-23-22-20(19-8-5-13-26-19)24(21)17-9-11-18(25-2)12-10-17/h3-13H,14H2,1-2H3. The minimum Gasteiger partial charge on any atom is -0.497 e. The number of hydrogen-bond donors (Lipinski definition) is 0. The van der Waals surface area contributed by atoms with Gasteiger partial charge in [-0.15, -0.1) is 10.2 Å². The monoisotopic (exact) mass is 377 g/mol. The summed E-state index contributed by atoms with van der Waals surface area (Å²) in [5.74, 6) is 2.98. The molecule has 0 aliphatic rings. The minimum absolute atomic E-state index is 0.678. The van der Waals surface area contributed by atoms with Crippen molar-refractivity contribution in [1.29, 1.82) is 0 Å². The molecule has 0 amide bonds. The molecule has 0 saturated carbocycles. The molecule has 0 fully saturated rings. The molecular weight excluding hydrogens is 358 g/mol. The van der Waals surface area contributed by atoms with Crippen molar-refractivity contribution in [2.24, 2.45) is 0 Å². The van der Waals surface area contributed by atoms with E-state index in [4.69, 9.17) is 9.15 Å². The maximum atomic E-state index is 5.56. The van der Waals surface area contributed by atoms with E-state index in [-0.39, 0.29) is 0 Å². The van der Waals surface area contributed by atoms with Crippen LogP contribution in [-0.4, -0.2) is 21.9 Å². The molecule has 136 valence electrons. The van der Waals surface area contributed by atoms with Crippen LogP contribution in [0.2, 0.25) is 0 Å². The summed E-state index contributed by atoms with van der Waals surface area (Å²) >= 11 is 1.65. The lowest BCUT2D eigenvalue weighted by atomic mass is 10.1. The molecule has 0 aliphatic heterocycles. The summed E-state index contributed by atoms with van der Waals surface area (Å²) in [5, 5.41) is 9.61. The van der Waals surface area contributed by atoms with Gasteiger partial charge in [-0.3, -0.25) is 4.57 Å². The second-order valence-electron chi connectivity index (χ2n) is 6.03. The Morgan fingerprint density at radius 2 is 1.81 bits per heavy atom. The molecule has 0 saturated heterocycles. The number of nitrogens with zero attached hydrogens (tertiary/aromatic N) is 3. The van der Waals surface area contributed by atoms with Crippen LogP contribution in [0.4, 0.5) is 0 Å². The normalized spacial score (nSPS) is 10.9. The lowest BCUT2D eigenvalue weighted by molar-refractivity contribution is 0.414. The van der Waals surface area contributed by atoms with Crippen LogP contribution in [0.15, 0.2) is 76.5 Å². The third kappa shape index (κ3) is 3.61. The fourth-order valence-corrected chi connectivity index (χ4v) is 3.84. The van der Waals surface area contributed by atoms with Gasteiger partial charge in [-0.2, -0.15) is 0 Å². The number of ether oxygens (including phenoxy) is 1. The third-order valence-electron chi connectivity index (χ3n) is 4.32. The van der Waals surface area contributed by atoms with Crippen molar-refractivity contribution in [1.82, 2.24) is 14.8 Å². The zero-order valence-corrected chi connectivity index (χ0v) is 15.9. The number of hydrogen-bond acceptors (Lipinski definition) is 5. The van der Waals surface area contributed by atoms with Crippen molar-refractivity contribution in [3.63, 3.8) is 0 Å². The zero-order valence-electron chi connectivity index (χ0n) is 15.1. The first-order chi connectivity index (χ1) is 13.3. The second kappa shape index (κ2) is 7.72. The quantitative estimate of drug-likeness (QED) is 0.436.